The van der Waals surface area contributed by atoms with Gasteiger partial charge < -0.3 is 20.9 Å². The molecule has 0 aliphatic carbocycles. The van der Waals surface area contributed by atoms with Crippen molar-refractivity contribution in [1.29, 1.82) is 0 Å². The zero-order valence-electron chi connectivity index (χ0n) is 17.6. The lowest BCUT2D eigenvalue weighted by Gasteiger charge is -2.32. The van der Waals surface area contributed by atoms with Crippen LogP contribution in [0.5, 0.6) is 0 Å². The summed E-state index contributed by atoms with van der Waals surface area (Å²) in [6.07, 6.45) is 1.57. The van der Waals surface area contributed by atoms with Gasteiger partial charge in [0.2, 0.25) is 0 Å². The molecule has 2 aromatic carbocycles. The van der Waals surface area contributed by atoms with Crippen LogP contribution in [0.25, 0.3) is 0 Å². The summed E-state index contributed by atoms with van der Waals surface area (Å²) in [7, 11) is 0. The van der Waals surface area contributed by atoms with E-state index in [0.29, 0.717) is 33.6 Å². The van der Waals surface area contributed by atoms with E-state index in [-0.39, 0.29) is 11.8 Å². The quantitative estimate of drug-likeness (QED) is 0.547. The number of carbonyl (C=O) groups is 2. The third-order valence-corrected chi connectivity index (χ3v) is 5.54. The molecule has 2 amide bonds. The van der Waals surface area contributed by atoms with Gasteiger partial charge in [0.05, 0.1) is 16.3 Å². The molecule has 1 aliphatic rings. The van der Waals surface area contributed by atoms with Crippen molar-refractivity contribution in [3.63, 3.8) is 0 Å². The fourth-order valence-electron chi connectivity index (χ4n) is 3.53. The predicted molar refractivity (Wildman–Crippen MR) is 128 cm³/mol. The molecule has 0 radical (unpaired) electrons. The molecule has 1 fully saturated rings. The van der Waals surface area contributed by atoms with E-state index in [4.69, 9.17) is 11.6 Å². The van der Waals surface area contributed by atoms with Gasteiger partial charge in [0.25, 0.3) is 11.8 Å². The van der Waals surface area contributed by atoms with Crippen molar-refractivity contribution >= 4 is 40.6 Å². The van der Waals surface area contributed by atoms with Crippen LogP contribution in [-0.4, -0.2) is 42.5 Å². The number of nitrogens with one attached hydrogen (secondary N) is 3. The number of hydrogen-bond donors (Lipinski definition) is 3. The van der Waals surface area contributed by atoms with E-state index >= 15 is 0 Å². The maximum absolute atomic E-state index is 12.7. The fraction of sp³-hybridized carbons (Fsp3) is 0.208. The average molecular weight is 450 g/mol. The van der Waals surface area contributed by atoms with Crippen molar-refractivity contribution in [3.8, 4) is 0 Å². The molecule has 4 rings (SSSR count). The number of aromatic nitrogens is 1. The first-order chi connectivity index (χ1) is 15.5. The monoisotopic (exact) mass is 449 g/mol. The highest BCUT2D eigenvalue weighted by Gasteiger charge is 2.17. The molecule has 0 unspecified atom stereocenters. The highest BCUT2D eigenvalue weighted by molar-refractivity contribution is 6.34. The molecular formula is C24H24ClN5O2. The Balaban J connectivity index is 1.43. The minimum atomic E-state index is -0.291. The predicted octanol–water partition coefficient (Wildman–Crippen LogP) is 4.04. The minimum absolute atomic E-state index is 0.280. The fourth-order valence-corrected chi connectivity index (χ4v) is 3.70. The van der Waals surface area contributed by atoms with Crippen molar-refractivity contribution in [2.24, 2.45) is 0 Å². The van der Waals surface area contributed by atoms with Crippen LogP contribution in [0.1, 0.15) is 27.6 Å². The normalized spacial score (nSPS) is 15.8. The number of pyridine rings is 1. The van der Waals surface area contributed by atoms with Crippen molar-refractivity contribution in [1.82, 2.24) is 10.3 Å². The number of carbonyl (C=O) groups excluding carboxylic acids is 2. The molecule has 3 N–H and O–H groups in total. The molecule has 0 saturated carbocycles. The number of hydrogen-bond acceptors (Lipinski definition) is 5. The van der Waals surface area contributed by atoms with Crippen LogP contribution in [0.3, 0.4) is 0 Å². The van der Waals surface area contributed by atoms with Crippen LogP contribution in [0.4, 0.5) is 17.2 Å². The second-order valence-electron chi connectivity index (χ2n) is 7.68. The first-order valence-corrected chi connectivity index (χ1v) is 10.8. The first kappa shape index (κ1) is 21.8. The number of nitrogens with zero attached hydrogens (tertiary/aromatic N) is 2. The van der Waals surface area contributed by atoms with Crippen molar-refractivity contribution in [2.75, 3.05) is 35.2 Å². The van der Waals surface area contributed by atoms with Crippen molar-refractivity contribution < 1.29 is 9.59 Å². The van der Waals surface area contributed by atoms with Crippen LogP contribution in [0, 0.1) is 0 Å². The van der Waals surface area contributed by atoms with E-state index in [1.165, 1.54) is 0 Å². The van der Waals surface area contributed by atoms with E-state index in [2.05, 4.69) is 32.8 Å². The molecule has 1 aliphatic heterocycles. The van der Waals surface area contributed by atoms with Gasteiger partial charge in [-0.15, -0.1) is 0 Å². The summed E-state index contributed by atoms with van der Waals surface area (Å²) >= 11 is 6.24. The topological polar surface area (TPSA) is 86.4 Å². The van der Waals surface area contributed by atoms with Crippen molar-refractivity contribution in [3.05, 3.63) is 83.0 Å². The molecule has 3 aromatic rings. The molecule has 0 bridgehead atoms. The van der Waals surface area contributed by atoms with Gasteiger partial charge in [-0.05, 0) is 49.4 Å². The lowest BCUT2D eigenvalue weighted by atomic mass is 10.2. The van der Waals surface area contributed by atoms with E-state index in [9.17, 15) is 9.59 Å². The molecule has 0 spiro atoms. The number of piperazine rings is 1. The number of amides is 2. The summed E-state index contributed by atoms with van der Waals surface area (Å²) in [5.41, 5.74) is 1.90. The maximum Gasteiger partial charge on any atom is 0.257 e. The highest BCUT2D eigenvalue weighted by atomic mass is 35.5. The summed E-state index contributed by atoms with van der Waals surface area (Å²) in [6.45, 7) is 4.80. The van der Waals surface area contributed by atoms with Gasteiger partial charge in [-0.25, -0.2) is 4.98 Å². The Morgan fingerprint density at radius 2 is 1.81 bits per heavy atom. The number of benzene rings is 2. The Morgan fingerprint density at radius 1 is 1.03 bits per heavy atom. The smallest absolute Gasteiger partial charge is 0.257 e. The second kappa shape index (κ2) is 9.80. The van der Waals surface area contributed by atoms with Gasteiger partial charge in [0.1, 0.15) is 5.82 Å². The van der Waals surface area contributed by atoms with Gasteiger partial charge in [-0.2, -0.15) is 0 Å². The molecular weight excluding hydrogens is 426 g/mol. The van der Waals surface area contributed by atoms with Crippen LogP contribution >= 0.6 is 11.6 Å². The molecule has 1 aromatic heterocycles. The zero-order chi connectivity index (χ0) is 22.5. The Hall–Kier alpha value is -3.42. The standard InChI is InChI=1S/C24H24ClN5O2/c1-16-15-30(12-11-26-16)22-10-7-18(14-27-22)24(32)28-19-8-9-20(25)21(13-19)29-23(31)17-5-3-2-4-6-17/h2-10,13-14,16,26H,11-12,15H2,1H3,(H,28,32)(H,29,31)/t16-/m1/s1. The lowest BCUT2D eigenvalue weighted by molar-refractivity contribution is 0.101. The third-order valence-electron chi connectivity index (χ3n) is 5.21. The molecule has 1 atom stereocenters. The molecule has 164 valence electrons. The Labute approximate surface area is 191 Å². The zero-order valence-corrected chi connectivity index (χ0v) is 18.4. The van der Waals surface area contributed by atoms with Gasteiger partial charge in [-0.1, -0.05) is 29.8 Å². The highest BCUT2D eigenvalue weighted by Crippen LogP contribution is 2.26. The van der Waals surface area contributed by atoms with E-state index < -0.39 is 0 Å². The van der Waals surface area contributed by atoms with Gasteiger partial charge in [-0.3, -0.25) is 9.59 Å². The largest absolute Gasteiger partial charge is 0.354 e. The summed E-state index contributed by atoms with van der Waals surface area (Å²) in [5.74, 6) is 0.283. The van der Waals surface area contributed by atoms with Gasteiger partial charge >= 0.3 is 0 Å². The summed E-state index contributed by atoms with van der Waals surface area (Å²) in [4.78, 5) is 31.8. The number of anilines is 3. The Morgan fingerprint density at radius 3 is 2.53 bits per heavy atom. The van der Waals surface area contributed by atoms with E-state index in [1.807, 2.05) is 12.1 Å². The van der Waals surface area contributed by atoms with Crippen LogP contribution in [0.15, 0.2) is 66.9 Å². The number of rotatable bonds is 5. The van der Waals surface area contributed by atoms with Crippen LogP contribution < -0.4 is 20.9 Å². The SMILES string of the molecule is C[C@@H]1CN(c2ccc(C(=O)Nc3ccc(Cl)c(NC(=O)c4ccccc4)c3)cn2)CCN1. The Bertz CT molecular complexity index is 1110. The Kier molecular flexibility index (Phi) is 6.68. The molecule has 7 nitrogen and oxygen atoms in total. The summed E-state index contributed by atoms with van der Waals surface area (Å²) in [5, 5.41) is 9.39. The van der Waals surface area contributed by atoms with Crippen LogP contribution in [-0.2, 0) is 0 Å². The third kappa shape index (κ3) is 5.25. The summed E-state index contributed by atoms with van der Waals surface area (Å²) in [6, 6.07) is 17.8. The number of halogens is 1. The van der Waals surface area contributed by atoms with Crippen LogP contribution in [0.2, 0.25) is 5.02 Å². The second-order valence-corrected chi connectivity index (χ2v) is 8.08. The first-order valence-electron chi connectivity index (χ1n) is 10.4. The molecule has 2 heterocycles. The van der Waals surface area contributed by atoms with Crippen molar-refractivity contribution in [2.45, 2.75) is 13.0 Å². The summed E-state index contributed by atoms with van der Waals surface area (Å²) < 4.78 is 0. The molecule has 32 heavy (non-hydrogen) atoms. The van der Waals surface area contributed by atoms with E-state index in [1.54, 1.807) is 54.7 Å². The van der Waals surface area contributed by atoms with E-state index in [0.717, 1.165) is 25.5 Å². The minimum Gasteiger partial charge on any atom is -0.354 e. The molecule has 8 heteroatoms. The molecule has 1 saturated heterocycles. The van der Waals surface area contributed by atoms with Gasteiger partial charge in [0, 0.05) is 43.1 Å². The average Bonchev–Trinajstić information content (AvgIpc) is 2.82. The van der Waals surface area contributed by atoms with Gasteiger partial charge in [0.15, 0.2) is 0 Å². The lowest BCUT2D eigenvalue weighted by Crippen LogP contribution is -2.49. The maximum atomic E-state index is 12.7.